The zero-order valence-electron chi connectivity index (χ0n) is 22.0. The lowest BCUT2D eigenvalue weighted by molar-refractivity contribution is -0.135. The molecule has 3 aromatic rings. The highest BCUT2D eigenvalue weighted by molar-refractivity contribution is 6.07. The molecule has 39 heavy (non-hydrogen) atoms. The Hall–Kier alpha value is -4.32. The van der Waals surface area contributed by atoms with Gasteiger partial charge in [-0.1, -0.05) is 50.5 Å². The van der Waals surface area contributed by atoms with Crippen LogP contribution >= 0.6 is 0 Å². The van der Waals surface area contributed by atoms with Crippen LogP contribution in [0.15, 0.2) is 48.5 Å². The number of fused-ring (bicyclic) bond motifs is 3. The maximum Gasteiger partial charge on any atom is 0.268 e. The first-order valence-corrected chi connectivity index (χ1v) is 13.4. The molecular formula is C30H31N5O4. The number of likely N-dealkylation sites (tertiary alicyclic amines) is 1. The van der Waals surface area contributed by atoms with Gasteiger partial charge in [-0.2, -0.15) is 5.26 Å². The van der Waals surface area contributed by atoms with Gasteiger partial charge in [-0.05, 0) is 41.7 Å². The number of para-hydroxylation sites is 1. The first kappa shape index (κ1) is 25.0. The third-order valence-electron chi connectivity index (χ3n) is 8.98. The Bertz CT molecular complexity index is 1520. The van der Waals surface area contributed by atoms with Crippen LogP contribution in [0.2, 0.25) is 0 Å². The number of benzene rings is 2. The molecule has 1 saturated carbocycles. The number of aromatic nitrogens is 1. The van der Waals surface area contributed by atoms with E-state index in [1.807, 2.05) is 49.4 Å². The van der Waals surface area contributed by atoms with Crippen LogP contribution in [0.5, 0.6) is 5.75 Å². The van der Waals surface area contributed by atoms with Crippen molar-refractivity contribution in [2.75, 3.05) is 19.0 Å². The van der Waals surface area contributed by atoms with Crippen molar-refractivity contribution in [2.24, 2.45) is 11.8 Å². The zero-order chi connectivity index (χ0) is 27.3. The van der Waals surface area contributed by atoms with Crippen LogP contribution in [0.1, 0.15) is 48.7 Å². The predicted octanol–water partition coefficient (Wildman–Crippen LogP) is 3.73. The molecule has 9 heteroatoms. The van der Waals surface area contributed by atoms with E-state index in [0.717, 1.165) is 41.4 Å². The number of hydrogen-bond donors (Lipinski definition) is 3. The maximum absolute atomic E-state index is 14.2. The number of carbonyl (C=O) groups is 3. The lowest BCUT2D eigenvalue weighted by Crippen LogP contribution is -2.55. The fourth-order valence-corrected chi connectivity index (χ4v) is 6.47. The van der Waals surface area contributed by atoms with Gasteiger partial charge in [0.1, 0.15) is 23.5 Å². The van der Waals surface area contributed by atoms with Crippen LogP contribution in [0.3, 0.4) is 0 Å². The minimum atomic E-state index is -0.978. The molecule has 3 aliphatic rings. The van der Waals surface area contributed by atoms with Crippen LogP contribution in [-0.2, 0) is 15.0 Å². The van der Waals surface area contributed by atoms with E-state index in [-0.39, 0.29) is 30.7 Å². The van der Waals surface area contributed by atoms with E-state index >= 15 is 0 Å². The summed E-state index contributed by atoms with van der Waals surface area (Å²) in [6.07, 6.45) is 3.30. The standard InChI is InChI=1S/C30H31N5O4/c1-17(18-7-5-8-18)26(34-27(36)24-13-20-22(32-24)11-6-12-25(20)39-2)28(37)35-16-30(14-19(35)15-31)21-9-3-4-10-23(21)33-29(30)38/h3-4,6,9-13,17-19,26,32H,5,7-8,14,16H2,1-2H3,(H,33,38)(H,34,36)/t17-,19+,26+,30+/m1/s1. The third kappa shape index (κ3) is 3.94. The largest absolute Gasteiger partial charge is 0.496 e. The highest BCUT2D eigenvalue weighted by Gasteiger charge is 2.57. The van der Waals surface area contributed by atoms with Crippen molar-refractivity contribution in [3.05, 3.63) is 59.8 Å². The monoisotopic (exact) mass is 525 g/mol. The van der Waals surface area contributed by atoms with Crippen molar-refractivity contribution in [2.45, 2.75) is 50.1 Å². The van der Waals surface area contributed by atoms with Gasteiger partial charge < -0.3 is 25.3 Å². The number of nitrogens with zero attached hydrogens (tertiary/aromatic N) is 2. The van der Waals surface area contributed by atoms with Crippen molar-refractivity contribution < 1.29 is 19.1 Å². The number of hydrogen-bond acceptors (Lipinski definition) is 5. The van der Waals surface area contributed by atoms with E-state index in [9.17, 15) is 19.6 Å². The quantitative estimate of drug-likeness (QED) is 0.452. The molecule has 2 aromatic carbocycles. The number of rotatable bonds is 6. The average molecular weight is 526 g/mol. The molecule has 200 valence electrons. The minimum absolute atomic E-state index is 0.0975. The first-order valence-electron chi connectivity index (χ1n) is 13.4. The smallest absolute Gasteiger partial charge is 0.268 e. The topological polar surface area (TPSA) is 127 Å². The summed E-state index contributed by atoms with van der Waals surface area (Å²) in [6, 6.07) is 15.3. The van der Waals surface area contributed by atoms with Crippen molar-refractivity contribution in [3.8, 4) is 11.8 Å². The Balaban J connectivity index is 1.31. The maximum atomic E-state index is 14.2. The van der Waals surface area contributed by atoms with E-state index in [2.05, 4.69) is 21.7 Å². The summed E-state index contributed by atoms with van der Waals surface area (Å²) in [6.45, 7) is 2.09. The molecule has 3 amide bonds. The number of nitrogens with one attached hydrogen (secondary N) is 3. The molecule has 1 aliphatic carbocycles. The molecule has 1 aromatic heterocycles. The Morgan fingerprint density at radius 3 is 2.72 bits per heavy atom. The van der Waals surface area contributed by atoms with Crippen LogP contribution in [0.4, 0.5) is 5.69 Å². The number of nitriles is 1. The fourth-order valence-electron chi connectivity index (χ4n) is 6.47. The number of amides is 3. The highest BCUT2D eigenvalue weighted by Crippen LogP contribution is 2.47. The summed E-state index contributed by atoms with van der Waals surface area (Å²) in [4.78, 5) is 45.6. The minimum Gasteiger partial charge on any atom is -0.496 e. The number of carbonyl (C=O) groups excluding carboxylic acids is 3. The molecule has 9 nitrogen and oxygen atoms in total. The molecule has 6 rings (SSSR count). The van der Waals surface area contributed by atoms with Gasteiger partial charge >= 0.3 is 0 Å². The number of methoxy groups -OCH3 is 1. The van der Waals surface area contributed by atoms with Crippen molar-refractivity contribution in [3.63, 3.8) is 0 Å². The molecular weight excluding hydrogens is 494 g/mol. The van der Waals surface area contributed by atoms with Gasteiger partial charge in [0.2, 0.25) is 11.8 Å². The molecule has 3 heterocycles. The Morgan fingerprint density at radius 2 is 2.00 bits per heavy atom. The first-order chi connectivity index (χ1) is 18.9. The van der Waals surface area contributed by atoms with Crippen LogP contribution in [0.25, 0.3) is 10.9 Å². The summed E-state index contributed by atoms with van der Waals surface area (Å²) in [5, 5.41) is 16.8. The molecule has 1 saturated heterocycles. The van der Waals surface area contributed by atoms with Crippen LogP contribution < -0.4 is 15.4 Å². The Labute approximate surface area is 226 Å². The lowest BCUT2D eigenvalue weighted by atomic mass is 9.73. The summed E-state index contributed by atoms with van der Waals surface area (Å²) in [7, 11) is 1.58. The molecule has 2 fully saturated rings. The number of H-pyrrole nitrogens is 1. The number of anilines is 1. The Kier molecular flexibility index (Phi) is 6.06. The lowest BCUT2D eigenvalue weighted by Gasteiger charge is -2.38. The summed E-state index contributed by atoms with van der Waals surface area (Å²) < 4.78 is 5.43. The van der Waals surface area contributed by atoms with Gasteiger partial charge in [0.15, 0.2) is 0 Å². The van der Waals surface area contributed by atoms with Gasteiger partial charge in [0.25, 0.3) is 5.91 Å². The highest BCUT2D eigenvalue weighted by atomic mass is 16.5. The third-order valence-corrected chi connectivity index (χ3v) is 8.98. The van der Waals surface area contributed by atoms with Gasteiger partial charge in [0, 0.05) is 29.6 Å². The SMILES string of the molecule is COc1cccc2[nH]c(C(=O)N[C@H](C(=O)N3C[C@]4(C[C@H]3C#N)C(=O)Nc3ccccc34)[C@H](C)C3CCC3)cc12. The molecule has 4 atom stereocenters. The second-order valence-corrected chi connectivity index (χ2v) is 11.0. The van der Waals surface area contributed by atoms with E-state index in [0.29, 0.717) is 17.4 Å². The van der Waals surface area contributed by atoms with E-state index in [1.165, 1.54) is 4.90 Å². The Morgan fingerprint density at radius 1 is 1.21 bits per heavy atom. The van der Waals surface area contributed by atoms with E-state index < -0.39 is 23.4 Å². The number of aromatic amines is 1. The van der Waals surface area contributed by atoms with E-state index in [4.69, 9.17) is 4.74 Å². The van der Waals surface area contributed by atoms with Gasteiger partial charge in [-0.15, -0.1) is 0 Å². The van der Waals surface area contributed by atoms with Crippen molar-refractivity contribution in [1.82, 2.24) is 15.2 Å². The second-order valence-electron chi connectivity index (χ2n) is 11.0. The summed E-state index contributed by atoms with van der Waals surface area (Å²) >= 11 is 0. The normalized spacial score (nSPS) is 23.6. The van der Waals surface area contributed by atoms with Crippen molar-refractivity contribution in [1.29, 1.82) is 5.26 Å². The second kappa shape index (κ2) is 9.45. The number of ether oxygens (including phenoxy) is 1. The van der Waals surface area contributed by atoms with Crippen LogP contribution in [-0.4, -0.2) is 53.3 Å². The molecule has 2 aliphatic heterocycles. The molecule has 3 N–H and O–H groups in total. The van der Waals surface area contributed by atoms with Gasteiger partial charge in [-0.3, -0.25) is 14.4 Å². The zero-order valence-corrected chi connectivity index (χ0v) is 22.0. The van der Waals surface area contributed by atoms with Crippen LogP contribution in [0, 0.1) is 23.2 Å². The average Bonchev–Trinajstić information content (AvgIpc) is 3.60. The van der Waals surface area contributed by atoms with Gasteiger partial charge in [-0.25, -0.2) is 0 Å². The van der Waals surface area contributed by atoms with Crippen molar-refractivity contribution >= 4 is 34.3 Å². The molecule has 0 radical (unpaired) electrons. The fraction of sp³-hybridized carbons (Fsp3) is 0.400. The van der Waals surface area contributed by atoms with Gasteiger partial charge in [0.05, 0.1) is 18.6 Å². The summed E-state index contributed by atoms with van der Waals surface area (Å²) in [5.74, 6) is -0.0999. The summed E-state index contributed by atoms with van der Waals surface area (Å²) in [5.41, 5.74) is 1.63. The molecule has 1 spiro atoms. The molecule has 0 bridgehead atoms. The molecule has 0 unspecified atom stereocenters. The predicted molar refractivity (Wildman–Crippen MR) is 145 cm³/mol. The van der Waals surface area contributed by atoms with E-state index in [1.54, 1.807) is 13.2 Å².